The lowest BCUT2D eigenvalue weighted by Crippen LogP contribution is -2.19. The predicted octanol–water partition coefficient (Wildman–Crippen LogP) is 3.30. The van der Waals surface area contributed by atoms with Crippen LogP contribution in [0.1, 0.15) is 5.56 Å². The molecule has 0 bridgehead atoms. The van der Waals surface area contributed by atoms with E-state index >= 15 is 0 Å². The topological polar surface area (TPSA) is 80.2 Å². The molecule has 1 aliphatic heterocycles. The zero-order valence-electron chi connectivity index (χ0n) is 13.6. The second-order valence-electron chi connectivity index (χ2n) is 5.11. The van der Waals surface area contributed by atoms with Gasteiger partial charge in [0.2, 0.25) is 0 Å². The highest BCUT2D eigenvalue weighted by atomic mass is 32.2. The number of rotatable bonds is 4. The van der Waals surface area contributed by atoms with E-state index in [9.17, 15) is 9.90 Å². The van der Waals surface area contributed by atoms with Crippen molar-refractivity contribution in [3.05, 3.63) is 52.9 Å². The number of carbonyl (C=O) groups is 1. The van der Waals surface area contributed by atoms with Crippen molar-refractivity contribution in [1.29, 1.82) is 0 Å². The van der Waals surface area contributed by atoms with Gasteiger partial charge in [-0.2, -0.15) is 0 Å². The highest BCUT2D eigenvalue weighted by molar-refractivity contribution is 8.18. The van der Waals surface area contributed by atoms with E-state index in [1.807, 2.05) is 12.1 Å². The molecule has 1 heterocycles. The van der Waals surface area contributed by atoms with Crippen molar-refractivity contribution in [2.75, 3.05) is 14.2 Å². The molecule has 0 atom stereocenters. The van der Waals surface area contributed by atoms with E-state index in [1.165, 1.54) is 24.9 Å². The average molecular weight is 356 g/mol. The quantitative estimate of drug-likeness (QED) is 0.822. The molecule has 1 fully saturated rings. The number of aliphatic imine (C=N–C) groups is 1. The first-order valence-corrected chi connectivity index (χ1v) is 8.21. The number of nitrogens with one attached hydrogen (secondary N) is 1. The number of benzene rings is 2. The van der Waals surface area contributed by atoms with Crippen LogP contribution in [-0.4, -0.2) is 30.4 Å². The van der Waals surface area contributed by atoms with Crippen molar-refractivity contribution >= 4 is 34.6 Å². The van der Waals surface area contributed by atoms with Crippen LogP contribution in [0.5, 0.6) is 17.2 Å². The third kappa shape index (κ3) is 3.95. The molecule has 2 aromatic rings. The molecule has 0 unspecified atom stereocenters. The number of hydrogen-bond donors (Lipinski definition) is 2. The molecular formula is C18H16N2O4S. The molecule has 2 aromatic carbocycles. The molecule has 0 saturated carbocycles. The number of hydrogen-bond acceptors (Lipinski definition) is 6. The number of amidine groups is 1. The Morgan fingerprint density at radius 2 is 1.88 bits per heavy atom. The molecule has 1 aliphatic rings. The third-order valence-electron chi connectivity index (χ3n) is 3.46. The van der Waals surface area contributed by atoms with Gasteiger partial charge in [0.05, 0.1) is 24.8 Å². The molecule has 7 heteroatoms. The summed E-state index contributed by atoms with van der Waals surface area (Å²) >= 11 is 1.25. The van der Waals surface area contributed by atoms with Crippen molar-refractivity contribution < 1.29 is 19.4 Å². The summed E-state index contributed by atoms with van der Waals surface area (Å²) in [6.45, 7) is 0. The number of amides is 1. The van der Waals surface area contributed by atoms with Gasteiger partial charge < -0.3 is 19.9 Å². The molecule has 1 saturated heterocycles. The molecule has 128 valence electrons. The second kappa shape index (κ2) is 7.31. The molecule has 0 aliphatic carbocycles. The van der Waals surface area contributed by atoms with Crippen molar-refractivity contribution in [2.45, 2.75) is 0 Å². The van der Waals surface area contributed by atoms with E-state index in [0.717, 1.165) is 17.0 Å². The minimum Gasteiger partial charge on any atom is -0.504 e. The zero-order valence-corrected chi connectivity index (χ0v) is 14.5. The van der Waals surface area contributed by atoms with E-state index in [2.05, 4.69) is 10.3 Å². The highest BCUT2D eigenvalue weighted by Crippen LogP contribution is 2.31. The summed E-state index contributed by atoms with van der Waals surface area (Å²) in [5.41, 5.74) is 1.47. The van der Waals surface area contributed by atoms with Gasteiger partial charge in [-0.1, -0.05) is 6.07 Å². The molecular weight excluding hydrogens is 340 g/mol. The van der Waals surface area contributed by atoms with Gasteiger partial charge in [-0.25, -0.2) is 4.99 Å². The predicted molar refractivity (Wildman–Crippen MR) is 98.5 cm³/mol. The van der Waals surface area contributed by atoms with E-state index in [-0.39, 0.29) is 11.7 Å². The lowest BCUT2D eigenvalue weighted by molar-refractivity contribution is -0.115. The normalized spacial score (nSPS) is 17.0. The van der Waals surface area contributed by atoms with Crippen molar-refractivity contribution in [3.63, 3.8) is 0 Å². The summed E-state index contributed by atoms with van der Waals surface area (Å²) in [5, 5.41) is 12.9. The highest BCUT2D eigenvalue weighted by Gasteiger charge is 2.23. The van der Waals surface area contributed by atoms with Gasteiger partial charge in [-0.15, -0.1) is 0 Å². The fraction of sp³-hybridized carbons (Fsp3) is 0.111. The van der Waals surface area contributed by atoms with E-state index < -0.39 is 0 Å². The van der Waals surface area contributed by atoms with Crippen LogP contribution in [0.25, 0.3) is 6.08 Å². The maximum atomic E-state index is 12.1. The molecule has 1 amide bonds. The van der Waals surface area contributed by atoms with Crippen LogP contribution in [0.4, 0.5) is 5.69 Å². The van der Waals surface area contributed by atoms with Crippen LogP contribution in [0, 0.1) is 0 Å². The summed E-state index contributed by atoms with van der Waals surface area (Å²) in [7, 11) is 3.08. The molecule has 0 spiro atoms. The Balaban J connectivity index is 1.80. The van der Waals surface area contributed by atoms with Gasteiger partial charge in [0.15, 0.2) is 16.7 Å². The maximum absolute atomic E-state index is 12.1. The monoisotopic (exact) mass is 356 g/mol. The number of carbonyl (C=O) groups excluding carboxylic acids is 1. The van der Waals surface area contributed by atoms with E-state index in [0.29, 0.717) is 15.8 Å². The molecule has 6 nitrogen and oxygen atoms in total. The first-order valence-electron chi connectivity index (χ1n) is 7.39. The summed E-state index contributed by atoms with van der Waals surface area (Å²) in [5.74, 6) is 0.929. The summed E-state index contributed by atoms with van der Waals surface area (Å²) < 4.78 is 10.2. The van der Waals surface area contributed by atoms with Gasteiger partial charge in [0.25, 0.3) is 5.91 Å². The Morgan fingerprint density at radius 3 is 2.56 bits per heavy atom. The Bertz CT molecular complexity index is 860. The summed E-state index contributed by atoms with van der Waals surface area (Å²) in [4.78, 5) is 17.0. The Hall–Kier alpha value is -2.93. The van der Waals surface area contributed by atoms with Gasteiger partial charge in [-0.05, 0) is 59.8 Å². The van der Waals surface area contributed by atoms with Gasteiger partial charge >= 0.3 is 0 Å². The standard InChI is InChI=1S/C18H16N2O4S/c1-23-13-6-4-12(5-7-13)19-18-20-17(22)16(25-18)10-11-3-8-14(21)15(9-11)24-2/h3-10,21H,1-2H3,(H,19,20,22)/b16-10+. The van der Waals surface area contributed by atoms with Gasteiger partial charge in [0, 0.05) is 0 Å². The SMILES string of the molecule is COc1ccc(N=C2NC(=O)/C(=C\c3ccc(O)c(OC)c3)S2)cc1. The van der Waals surface area contributed by atoms with Crippen molar-refractivity contribution in [1.82, 2.24) is 5.32 Å². The molecule has 0 aromatic heterocycles. The minimum absolute atomic E-state index is 0.0509. The number of methoxy groups -OCH3 is 2. The Kier molecular flexibility index (Phi) is 4.95. The van der Waals surface area contributed by atoms with Crippen LogP contribution in [-0.2, 0) is 4.79 Å². The number of aromatic hydroxyl groups is 1. The lowest BCUT2D eigenvalue weighted by Gasteiger charge is -2.03. The van der Waals surface area contributed by atoms with Crippen LogP contribution in [0.2, 0.25) is 0 Å². The molecule has 2 N–H and O–H groups in total. The largest absolute Gasteiger partial charge is 0.504 e. The lowest BCUT2D eigenvalue weighted by atomic mass is 10.2. The number of phenolic OH excluding ortho intramolecular Hbond substituents is 1. The third-order valence-corrected chi connectivity index (χ3v) is 4.37. The fourth-order valence-corrected chi connectivity index (χ4v) is 3.03. The number of ether oxygens (including phenoxy) is 2. The van der Waals surface area contributed by atoms with Crippen LogP contribution in [0.3, 0.4) is 0 Å². The second-order valence-corrected chi connectivity index (χ2v) is 6.14. The fourth-order valence-electron chi connectivity index (χ4n) is 2.19. The summed E-state index contributed by atoms with van der Waals surface area (Å²) in [6.07, 6.45) is 1.72. The first kappa shape index (κ1) is 16.9. The first-order chi connectivity index (χ1) is 12.1. The number of phenols is 1. The smallest absolute Gasteiger partial charge is 0.264 e. The van der Waals surface area contributed by atoms with E-state index in [4.69, 9.17) is 9.47 Å². The van der Waals surface area contributed by atoms with Crippen LogP contribution >= 0.6 is 11.8 Å². The van der Waals surface area contributed by atoms with Crippen LogP contribution < -0.4 is 14.8 Å². The van der Waals surface area contributed by atoms with Crippen molar-refractivity contribution in [2.24, 2.45) is 4.99 Å². The molecule has 3 rings (SSSR count). The van der Waals surface area contributed by atoms with Gasteiger partial charge in [-0.3, -0.25) is 4.79 Å². The van der Waals surface area contributed by atoms with E-state index in [1.54, 1.807) is 37.5 Å². The number of thioether (sulfide) groups is 1. The average Bonchev–Trinajstić information content (AvgIpc) is 2.96. The van der Waals surface area contributed by atoms with Crippen molar-refractivity contribution in [3.8, 4) is 17.2 Å². The maximum Gasteiger partial charge on any atom is 0.264 e. The number of nitrogens with zero attached hydrogens (tertiary/aromatic N) is 1. The molecule has 0 radical (unpaired) electrons. The summed E-state index contributed by atoms with van der Waals surface area (Å²) in [6, 6.07) is 12.1. The van der Waals surface area contributed by atoms with Crippen LogP contribution in [0.15, 0.2) is 52.4 Å². The Morgan fingerprint density at radius 1 is 1.12 bits per heavy atom. The Labute approximate surface area is 149 Å². The molecule has 25 heavy (non-hydrogen) atoms. The zero-order chi connectivity index (χ0) is 17.8. The minimum atomic E-state index is -0.218. The van der Waals surface area contributed by atoms with Gasteiger partial charge in [0.1, 0.15) is 5.75 Å².